The van der Waals surface area contributed by atoms with Crippen LogP contribution in [-0.4, -0.2) is 10.9 Å². The summed E-state index contributed by atoms with van der Waals surface area (Å²) in [5.41, 5.74) is 0.781. The molecule has 1 atom stereocenters. The van der Waals surface area contributed by atoms with Crippen molar-refractivity contribution in [3.8, 4) is 11.6 Å². The molecule has 142 valence electrons. The lowest BCUT2D eigenvalue weighted by Gasteiger charge is -2.26. The van der Waals surface area contributed by atoms with Crippen LogP contribution in [-0.2, 0) is 17.4 Å². The zero-order chi connectivity index (χ0) is 19.6. The molecule has 0 fully saturated rings. The summed E-state index contributed by atoms with van der Waals surface area (Å²) in [7, 11) is 0. The van der Waals surface area contributed by atoms with Gasteiger partial charge in [-0.1, -0.05) is 18.2 Å². The lowest BCUT2D eigenvalue weighted by molar-refractivity contribution is -0.137. The van der Waals surface area contributed by atoms with Crippen molar-refractivity contribution in [2.75, 3.05) is 0 Å². The van der Waals surface area contributed by atoms with Crippen molar-refractivity contribution in [1.82, 2.24) is 10.3 Å². The Morgan fingerprint density at radius 2 is 2.04 bits per heavy atom. The summed E-state index contributed by atoms with van der Waals surface area (Å²) >= 11 is 6.25. The molecular formula is C19H16ClF3N2O2. The summed E-state index contributed by atoms with van der Waals surface area (Å²) in [5, 5.41) is 3.05. The third kappa shape index (κ3) is 4.42. The number of hydrogen-bond donors (Lipinski definition) is 1. The number of ether oxygens (including phenoxy) is 1. The van der Waals surface area contributed by atoms with Gasteiger partial charge in [0.15, 0.2) is 0 Å². The minimum absolute atomic E-state index is 0.117. The van der Waals surface area contributed by atoms with Gasteiger partial charge in [-0.25, -0.2) is 4.98 Å². The molecule has 1 aliphatic carbocycles. The van der Waals surface area contributed by atoms with E-state index < -0.39 is 11.7 Å². The standard InChI is InChI=1S/C19H16ClF3N2O2/c1-2-17(26)24-15-4-3-5-16-13(15)10-14(20)18(25-16)27-12-8-6-11(7-9-12)19(21,22)23/h2,6-10,15H,1,3-5H2,(H,24,26). The van der Waals surface area contributed by atoms with Crippen molar-refractivity contribution >= 4 is 17.5 Å². The van der Waals surface area contributed by atoms with Crippen molar-refractivity contribution in [3.63, 3.8) is 0 Å². The number of alkyl halides is 3. The average Bonchev–Trinajstić information content (AvgIpc) is 2.62. The second-order valence-electron chi connectivity index (χ2n) is 6.09. The molecule has 1 unspecified atom stereocenters. The van der Waals surface area contributed by atoms with Crippen LogP contribution in [0.2, 0.25) is 5.02 Å². The van der Waals surface area contributed by atoms with E-state index >= 15 is 0 Å². The van der Waals surface area contributed by atoms with Crippen LogP contribution in [0.25, 0.3) is 0 Å². The van der Waals surface area contributed by atoms with Crippen LogP contribution in [0.1, 0.15) is 35.7 Å². The lowest BCUT2D eigenvalue weighted by atomic mass is 9.91. The Hall–Kier alpha value is -2.54. The molecule has 1 heterocycles. The number of pyridine rings is 1. The molecule has 0 aliphatic heterocycles. The van der Waals surface area contributed by atoms with E-state index in [0.29, 0.717) is 6.42 Å². The van der Waals surface area contributed by atoms with E-state index in [0.717, 1.165) is 36.2 Å². The van der Waals surface area contributed by atoms with Gasteiger partial charge in [-0.05, 0) is 61.2 Å². The number of rotatable bonds is 4. The number of fused-ring (bicyclic) bond motifs is 1. The zero-order valence-electron chi connectivity index (χ0n) is 14.1. The van der Waals surface area contributed by atoms with Gasteiger partial charge < -0.3 is 10.1 Å². The third-order valence-electron chi connectivity index (χ3n) is 4.24. The first-order valence-electron chi connectivity index (χ1n) is 8.25. The van der Waals surface area contributed by atoms with Crippen LogP contribution in [0.15, 0.2) is 43.0 Å². The van der Waals surface area contributed by atoms with E-state index in [1.807, 2.05) is 0 Å². The molecule has 1 aliphatic rings. The topological polar surface area (TPSA) is 51.2 Å². The molecule has 3 rings (SSSR count). The van der Waals surface area contributed by atoms with Crippen LogP contribution in [0, 0.1) is 0 Å². The molecule has 8 heteroatoms. The Labute approximate surface area is 159 Å². The minimum atomic E-state index is -4.41. The number of aromatic nitrogens is 1. The van der Waals surface area contributed by atoms with Crippen molar-refractivity contribution < 1.29 is 22.7 Å². The van der Waals surface area contributed by atoms with E-state index in [1.54, 1.807) is 6.07 Å². The number of halogens is 4. The van der Waals surface area contributed by atoms with Crippen LogP contribution >= 0.6 is 11.6 Å². The van der Waals surface area contributed by atoms with E-state index in [4.69, 9.17) is 16.3 Å². The SMILES string of the molecule is C=CC(=O)NC1CCCc2nc(Oc3ccc(C(F)(F)F)cc3)c(Cl)cc21. The maximum Gasteiger partial charge on any atom is 0.416 e. The molecule has 1 N–H and O–H groups in total. The van der Waals surface area contributed by atoms with Crippen LogP contribution < -0.4 is 10.1 Å². The minimum Gasteiger partial charge on any atom is -0.438 e. The number of benzene rings is 1. The smallest absolute Gasteiger partial charge is 0.416 e. The van der Waals surface area contributed by atoms with E-state index in [2.05, 4.69) is 16.9 Å². The summed E-state index contributed by atoms with van der Waals surface area (Å²) in [6.45, 7) is 3.44. The third-order valence-corrected chi connectivity index (χ3v) is 4.51. The molecular weight excluding hydrogens is 381 g/mol. The predicted octanol–water partition coefficient (Wildman–Crippen LogP) is 5.23. The van der Waals surface area contributed by atoms with Gasteiger partial charge in [0.05, 0.1) is 11.6 Å². The van der Waals surface area contributed by atoms with Crippen molar-refractivity contribution in [2.45, 2.75) is 31.5 Å². The summed E-state index contributed by atoms with van der Waals surface area (Å²) in [6, 6.07) is 5.76. The van der Waals surface area contributed by atoms with Gasteiger partial charge in [0.1, 0.15) is 10.8 Å². The fourth-order valence-electron chi connectivity index (χ4n) is 2.93. The molecule has 1 aromatic heterocycles. The summed E-state index contributed by atoms with van der Waals surface area (Å²) in [4.78, 5) is 16.0. The summed E-state index contributed by atoms with van der Waals surface area (Å²) < 4.78 is 43.5. The van der Waals surface area contributed by atoms with Gasteiger partial charge >= 0.3 is 6.18 Å². The molecule has 27 heavy (non-hydrogen) atoms. The highest BCUT2D eigenvalue weighted by Gasteiger charge is 2.30. The first-order valence-corrected chi connectivity index (χ1v) is 8.63. The fraction of sp³-hybridized carbons (Fsp3) is 0.263. The van der Waals surface area contributed by atoms with Gasteiger partial charge in [0.2, 0.25) is 11.8 Å². The number of carbonyl (C=O) groups excluding carboxylic acids is 1. The molecule has 2 aromatic rings. The molecule has 0 saturated heterocycles. The maximum atomic E-state index is 12.6. The number of hydrogen-bond acceptors (Lipinski definition) is 3. The Bertz CT molecular complexity index is 866. The van der Waals surface area contributed by atoms with Gasteiger partial charge in [0, 0.05) is 5.69 Å². The van der Waals surface area contributed by atoms with Crippen molar-refractivity contribution in [1.29, 1.82) is 0 Å². The van der Waals surface area contributed by atoms with Crippen LogP contribution in [0.3, 0.4) is 0 Å². The summed E-state index contributed by atoms with van der Waals surface area (Å²) in [5.74, 6) is 0.0320. The Morgan fingerprint density at radius 1 is 1.33 bits per heavy atom. The number of aryl methyl sites for hydroxylation is 1. The quantitative estimate of drug-likeness (QED) is 0.720. The molecule has 0 saturated carbocycles. The molecule has 1 aromatic carbocycles. The maximum absolute atomic E-state index is 12.6. The number of nitrogens with one attached hydrogen (secondary N) is 1. The van der Waals surface area contributed by atoms with Crippen molar-refractivity contribution in [3.05, 3.63) is 64.8 Å². The summed E-state index contributed by atoms with van der Waals surface area (Å²) in [6.07, 6.45) is -0.944. The highest BCUT2D eigenvalue weighted by Crippen LogP contribution is 2.37. The molecule has 0 radical (unpaired) electrons. The molecule has 1 amide bonds. The second-order valence-corrected chi connectivity index (χ2v) is 6.50. The molecule has 0 spiro atoms. The predicted molar refractivity (Wildman–Crippen MR) is 94.8 cm³/mol. The second kappa shape index (κ2) is 7.60. The Morgan fingerprint density at radius 3 is 2.67 bits per heavy atom. The van der Waals surface area contributed by atoms with E-state index in [-0.39, 0.29) is 28.6 Å². The number of carbonyl (C=O) groups is 1. The monoisotopic (exact) mass is 396 g/mol. The highest BCUT2D eigenvalue weighted by atomic mass is 35.5. The normalized spacial score (nSPS) is 16.4. The highest BCUT2D eigenvalue weighted by molar-refractivity contribution is 6.31. The number of amides is 1. The van der Waals surface area contributed by atoms with Gasteiger partial charge in [0.25, 0.3) is 0 Å². The van der Waals surface area contributed by atoms with Gasteiger partial charge in [-0.3, -0.25) is 4.79 Å². The Balaban J connectivity index is 1.84. The van der Waals surface area contributed by atoms with E-state index in [9.17, 15) is 18.0 Å². The zero-order valence-corrected chi connectivity index (χ0v) is 14.9. The average molecular weight is 397 g/mol. The Kier molecular flexibility index (Phi) is 5.41. The van der Waals surface area contributed by atoms with Gasteiger partial charge in [-0.15, -0.1) is 0 Å². The fourth-order valence-corrected chi connectivity index (χ4v) is 3.13. The first-order chi connectivity index (χ1) is 12.8. The number of nitrogens with zero attached hydrogens (tertiary/aromatic N) is 1. The molecule has 4 nitrogen and oxygen atoms in total. The van der Waals surface area contributed by atoms with E-state index in [1.165, 1.54) is 18.2 Å². The van der Waals surface area contributed by atoms with Gasteiger partial charge in [-0.2, -0.15) is 13.2 Å². The largest absolute Gasteiger partial charge is 0.438 e. The molecule has 0 bridgehead atoms. The van der Waals surface area contributed by atoms with Crippen LogP contribution in [0.4, 0.5) is 13.2 Å². The first kappa shape index (κ1) is 19.2. The van der Waals surface area contributed by atoms with Crippen molar-refractivity contribution in [2.24, 2.45) is 0 Å². The van der Waals surface area contributed by atoms with Crippen LogP contribution in [0.5, 0.6) is 11.6 Å². The lowest BCUT2D eigenvalue weighted by Crippen LogP contribution is -2.30.